The first-order chi connectivity index (χ1) is 14.3. The van der Waals surface area contributed by atoms with E-state index in [0.29, 0.717) is 26.2 Å². The molecule has 0 saturated carbocycles. The molecule has 0 saturated heterocycles. The lowest BCUT2D eigenvalue weighted by Crippen LogP contribution is -2.34. The van der Waals surface area contributed by atoms with Gasteiger partial charge in [0.1, 0.15) is 6.61 Å². The van der Waals surface area contributed by atoms with Gasteiger partial charge >= 0.3 is 0 Å². The highest BCUT2D eigenvalue weighted by molar-refractivity contribution is 5.87. The van der Waals surface area contributed by atoms with E-state index in [2.05, 4.69) is 22.8 Å². The van der Waals surface area contributed by atoms with E-state index in [-0.39, 0.29) is 24.3 Å². The Kier molecular flexibility index (Phi) is 8.25. The minimum absolute atomic E-state index is 0.00132. The lowest BCUT2D eigenvalue weighted by atomic mass is 10.1. The van der Waals surface area contributed by atoms with Gasteiger partial charge in [-0.3, -0.25) is 4.79 Å². The average molecular weight is 396 g/mol. The molecule has 0 fully saturated rings. The molecule has 0 unspecified atom stereocenters. The monoisotopic (exact) mass is 396 g/mol. The number of nitrogens with one attached hydrogen (secondary N) is 2. The van der Waals surface area contributed by atoms with Crippen LogP contribution in [0.2, 0.25) is 0 Å². The molecule has 6 heteroatoms. The maximum absolute atomic E-state index is 12.4. The molecule has 0 bridgehead atoms. The number of hydrogen-bond donors (Lipinski definition) is 2. The summed E-state index contributed by atoms with van der Waals surface area (Å²) in [6.45, 7) is 1.42. The molecule has 2 aromatic rings. The minimum atomic E-state index is -0.374. The van der Waals surface area contributed by atoms with Crippen molar-refractivity contribution in [3.8, 4) is 0 Å². The predicted octanol–water partition coefficient (Wildman–Crippen LogP) is 3.10. The molecule has 0 aliphatic carbocycles. The maximum Gasteiger partial charge on any atom is 0.247 e. The second-order valence-electron chi connectivity index (χ2n) is 6.81. The van der Waals surface area contributed by atoms with Crippen molar-refractivity contribution >= 4 is 5.91 Å². The molecule has 2 aromatic carbocycles. The molecule has 3 rings (SSSR count). The fourth-order valence-electron chi connectivity index (χ4n) is 3.19. The quantitative estimate of drug-likeness (QED) is 0.834. The Bertz CT molecular complexity index is 767. The number of benzene rings is 2. The third-order valence-corrected chi connectivity index (χ3v) is 4.78. The van der Waals surface area contributed by atoms with Crippen LogP contribution in [0.1, 0.15) is 29.6 Å². The van der Waals surface area contributed by atoms with Gasteiger partial charge < -0.3 is 24.8 Å². The zero-order chi connectivity index (χ0) is 20.3. The van der Waals surface area contributed by atoms with Gasteiger partial charge in [0.25, 0.3) is 0 Å². The van der Waals surface area contributed by atoms with Crippen LogP contribution >= 0.6 is 0 Å². The molecular formula is C23H28N2O4. The molecule has 6 nitrogen and oxygen atoms in total. The molecule has 154 valence electrons. The smallest absolute Gasteiger partial charge is 0.247 e. The Balaban J connectivity index is 1.72. The highest BCUT2D eigenvalue weighted by Gasteiger charge is 2.18. The molecule has 1 aliphatic rings. The number of hydrogen-bond acceptors (Lipinski definition) is 5. The van der Waals surface area contributed by atoms with E-state index in [1.54, 1.807) is 7.11 Å². The normalized spacial score (nSPS) is 25.3. The topological polar surface area (TPSA) is 68.8 Å². The van der Waals surface area contributed by atoms with Crippen LogP contribution in [-0.2, 0) is 19.0 Å². The summed E-state index contributed by atoms with van der Waals surface area (Å²) in [5.41, 5.74) is 2.09. The van der Waals surface area contributed by atoms with E-state index in [1.807, 2.05) is 48.5 Å². The van der Waals surface area contributed by atoms with Crippen LogP contribution < -0.4 is 10.6 Å². The number of carbonyl (C=O) groups excluding carboxylic acids is 1. The van der Waals surface area contributed by atoms with E-state index >= 15 is 0 Å². The second kappa shape index (κ2) is 11.4. The molecule has 3 atom stereocenters. The van der Waals surface area contributed by atoms with Gasteiger partial charge in [-0.1, -0.05) is 60.7 Å². The van der Waals surface area contributed by atoms with E-state index < -0.39 is 0 Å². The van der Waals surface area contributed by atoms with Crippen molar-refractivity contribution in [1.29, 1.82) is 0 Å². The zero-order valence-corrected chi connectivity index (χ0v) is 16.6. The Morgan fingerprint density at radius 3 is 2.24 bits per heavy atom. The molecule has 0 radical (unpaired) electrons. The highest BCUT2D eigenvalue weighted by Crippen LogP contribution is 2.17. The Hall–Kier alpha value is -2.67. The van der Waals surface area contributed by atoms with Crippen LogP contribution in [-0.4, -0.2) is 39.1 Å². The molecule has 2 N–H and O–H groups in total. The maximum atomic E-state index is 12.4. The van der Waals surface area contributed by atoms with Gasteiger partial charge in [-0.2, -0.15) is 0 Å². The lowest BCUT2D eigenvalue weighted by molar-refractivity contribution is -0.135. The number of methoxy groups -OCH3 is 1. The Morgan fingerprint density at radius 2 is 1.59 bits per heavy atom. The van der Waals surface area contributed by atoms with Crippen LogP contribution in [0.15, 0.2) is 73.0 Å². The third kappa shape index (κ3) is 6.71. The van der Waals surface area contributed by atoms with Crippen LogP contribution in [0.4, 0.5) is 0 Å². The van der Waals surface area contributed by atoms with Crippen LogP contribution in [0.5, 0.6) is 0 Å². The van der Waals surface area contributed by atoms with Gasteiger partial charge in [-0.05, 0) is 11.1 Å². The SMILES string of the molecule is CO[C@@H]1CCN[C@H](c2ccccc2)CO/C=C\C(=O)N[C@H](c2ccccc2)CO1. The van der Waals surface area contributed by atoms with E-state index in [0.717, 1.165) is 11.1 Å². The van der Waals surface area contributed by atoms with Crippen molar-refractivity contribution in [1.82, 2.24) is 10.6 Å². The number of ether oxygens (including phenoxy) is 3. The van der Waals surface area contributed by atoms with Gasteiger partial charge in [-0.25, -0.2) is 0 Å². The predicted molar refractivity (Wildman–Crippen MR) is 111 cm³/mol. The first-order valence-electron chi connectivity index (χ1n) is 9.82. The molecule has 29 heavy (non-hydrogen) atoms. The largest absolute Gasteiger partial charge is 0.499 e. The molecule has 1 amide bonds. The zero-order valence-electron chi connectivity index (χ0n) is 16.6. The molecular weight excluding hydrogens is 368 g/mol. The highest BCUT2D eigenvalue weighted by atomic mass is 16.7. The standard InChI is InChI=1S/C23H28N2O4/c1-27-23-12-14-24-20(18-8-4-2-5-9-18)16-28-15-13-22(26)25-21(17-29-23)19-10-6-3-7-11-19/h2-11,13,15,20-21,23-24H,12,14,16-17H2,1H3,(H,25,26)/b15-13-/t20-,21-,23-/m0/s1. The first-order valence-corrected chi connectivity index (χ1v) is 9.82. The Labute approximate surface area is 171 Å². The van der Waals surface area contributed by atoms with Crippen molar-refractivity contribution < 1.29 is 19.0 Å². The van der Waals surface area contributed by atoms with Gasteiger partial charge in [-0.15, -0.1) is 0 Å². The molecule has 0 spiro atoms. The summed E-state index contributed by atoms with van der Waals surface area (Å²) in [5.74, 6) is -0.238. The molecule has 1 heterocycles. The average Bonchev–Trinajstić information content (AvgIpc) is 2.77. The van der Waals surface area contributed by atoms with Crippen molar-refractivity contribution in [2.45, 2.75) is 24.8 Å². The van der Waals surface area contributed by atoms with E-state index in [4.69, 9.17) is 14.2 Å². The fraction of sp³-hybridized carbons (Fsp3) is 0.348. The van der Waals surface area contributed by atoms with Gasteiger partial charge in [0.15, 0.2) is 6.29 Å². The number of carbonyl (C=O) groups is 1. The summed E-state index contributed by atoms with van der Waals surface area (Å²) in [5, 5.41) is 6.46. The second-order valence-corrected chi connectivity index (χ2v) is 6.81. The van der Waals surface area contributed by atoms with E-state index in [9.17, 15) is 4.79 Å². The first kappa shape index (κ1) is 21.0. The van der Waals surface area contributed by atoms with Crippen LogP contribution in [0.25, 0.3) is 0 Å². The van der Waals surface area contributed by atoms with Gasteiger partial charge in [0.05, 0.1) is 25.0 Å². The summed E-state index contributed by atoms with van der Waals surface area (Å²) < 4.78 is 17.1. The minimum Gasteiger partial charge on any atom is -0.499 e. The third-order valence-electron chi connectivity index (χ3n) is 4.78. The number of rotatable bonds is 3. The molecule has 0 aromatic heterocycles. The van der Waals surface area contributed by atoms with Crippen molar-refractivity contribution in [2.75, 3.05) is 26.9 Å². The van der Waals surface area contributed by atoms with Crippen molar-refractivity contribution in [3.05, 3.63) is 84.1 Å². The fourth-order valence-corrected chi connectivity index (χ4v) is 3.19. The summed E-state index contributed by atoms with van der Waals surface area (Å²) in [6.07, 6.45) is 3.14. The Morgan fingerprint density at radius 1 is 0.931 bits per heavy atom. The molecule has 1 aliphatic heterocycles. The van der Waals surface area contributed by atoms with Crippen molar-refractivity contribution in [3.63, 3.8) is 0 Å². The van der Waals surface area contributed by atoms with Gasteiger partial charge in [0, 0.05) is 26.2 Å². The van der Waals surface area contributed by atoms with E-state index in [1.165, 1.54) is 12.3 Å². The summed E-state index contributed by atoms with van der Waals surface area (Å²) in [7, 11) is 1.63. The number of amides is 1. The van der Waals surface area contributed by atoms with Crippen molar-refractivity contribution in [2.24, 2.45) is 0 Å². The van der Waals surface area contributed by atoms with Crippen LogP contribution in [0.3, 0.4) is 0 Å². The van der Waals surface area contributed by atoms with Gasteiger partial charge in [0.2, 0.25) is 5.91 Å². The summed E-state index contributed by atoms with van der Waals surface area (Å²) in [6, 6.07) is 19.5. The summed E-state index contributed by atoms with van der Waals surface area (Å²) in [4.78, 5) is 12.4. The summed E-state index contributed by atoms with van der Waals surface area (Å²) >= 11 is 0. The van der Waals surface area contributed by atoms with Crippen LogP contribution in [0, 0.1) is 0 Å². The lowest BCUT2D eigenvalue weighted by Gasteiger charge is -2.24.